The fourth-order valence-electron chi connectivity index (χ4n) is 2.90. The van der Waals surface area contributed by atoms with Crippen molar-refractivity contribution < 1.29 is 9.53 Å². The topological polar surface area (TPSA) is 38.3 Å². The van der Waals surface area contributed by atoms with Crippen molar-refractivity contribution in [3.05, 3.63) is 21.3 Å². The first-order valence-electron chi connectivity index (χ1n) is 6.91. The number of carbonyl (C=O) groups excluding carboxylic acids is 1. The van der Waals surface area contributed by atoms with Gasteiger partial charge < -0.3 is 10.1 Å². The van der Waals surface area contributed by atoms with Crippen molar-refractivity contribution in [2.45, 2.75) is 37.3 Å². The molecule has 2 atom stereocenters. The lowest BCUT2D eigenvalue weighted by Gasteiger charge is -2.38. The Balaban J connectivity index is 1.53. The highest BCUT2D eigenvalue weighted by Crippen LogP contribution is 2.38. The standard InChI is InChI=1S/C14H18ClNO2S2/c15-12-2-1-11(20-12)7-13(17)16-10-3-5-18-14(8-10)4-6-19-9-14/h1-2,10H,3-9H2,(H,16,17)/t10-,14+/m1/s1. The van der Waals surface area contributed by atoms with Crippen LogP contribution in [-0.2, 0) is 16.0 Å². The molecule has 3 rings (SSSR count). The summed E-state index contributed by atoms with van der Waals surface area (Å²) in [5, 5.41) is 3.16. The second-order valence-corrected chi connectivity index (χ2v) is 8.38. The van der Waals surface area contributed by atoms with E-state index in [1.54, 1.807) is 0 Å². The molecule has 20 heavy (non-hydrogen) atoms. The number of amides is 1. The zero-order chi connectivity index (χ0) is 14.0. The normalized spacial score (nSPS) is 29.8. The van der Waals surface area contributed by atoms with Crippen LogP contribution in [0.4, 0.5) is 0 Å². The van der Waals surface area contributed by atoms with E-state index < -0.39 is 0 Å². The predicted octanol–water partition coefficient (Wildman–Crippen LogP) is 3.11. The fraction of sp³-hybridized carbons (Fsp3) is 0.643. The molecule has 0 saturated carbocycles. The van der Waals surface area contributed by atoms with Gasteiger partial charge in [0, 0.05) is 23.3 Å². The second kappa shape index (κ2) is 6.26. The van der Waals surface area contributed by atoms with Gasteiger partial charge in [0.05, 0.1) is 16.4 Å². The van der Waals surface area contributed by atoms with Crippen LogP contribution in [-0.4, -0.2) is 35.7 Å². The number of carbonyl (C=O) groups is 1. The van der Waals surface area contributed by atoms with E-state index in [1.807, 2.05) is 23.9 Å². The van der Waals surface area contributed by atoms with Gasteiger partial charge in [0.15, 0.2) is 0 Å². The molecule has 0 radical (unpaired) electrons. The van der Waals surface area contributed by atoms with Gasteiger partial charge in [0.25, 0.3) is 0 Å². The lowest BCUT2D eigenvalue weighted by Crippen LogP contribution is -2.49. The van der Waals surface area contributed by atoms with Gasteiger partial charge in [-0.15, -0.1) is 11.3 Å². The molecule has 2 aliphatic rings. The minimum Gasteiger partial charge on any atom is -0.374 e. The monoisotopic (exact) mass is 331 g/mol. The summed E-state index contributed by atoms with van der Waals surface area (Å²) >= 11 is 9.31. The van der Waals surface area contributed by atoms with Crippen molar-refractivity contribution in [1.29, 1.82) is 0 Å². The van der Waals surface area contributed by atoms with Crippen molar-refractivity contribution in [2.75, 3.05) is 18.1 Å². The van der Waals surface area contributed by atoms with Crippen LogP contribution in [0.2, 0.25) is 4.34 Å². The van der Waals surface area contributed by atoms with Gasteiger partial charge in [-0.05, 0) is 37.1 Å². The molecule has 110 valence electrons. The van der Waals surface area contributed by atoms with Gasteiger partial charge in [0.1, 0.15) is 0 Å². The van der Waals surface area contributed by atoms with Crippen molar-refractivity contribution >= 4 is 40.6 Å². The number of hydrogen-bond acceptors (Lipinski definition) is 4. The molecule has 0 bridgehead atoms. The number of hydrogen-bond donors (Lipinski definition) is 1. The average molecular weight is 332 g/mol. The number of halogens is 1. The van der Waals surface area contributed by atoms with Crippen LogP contribution in [0.5, 0.6) is 0 Å². The minimum absolute atomic E-state index is 0.0209. The highest BCUT2D eigenvalue weighted by atomic mass is 35.5. The van der Waals surface area contributed by atoms with E-state index in [1.165, 1.54) is 17.1 Å². The molecule has 1 N–H and O–H groups in total. The molecule has 2 aliphatic heterocycles. The third-order valence-corrected chi connectivity index (χ3v) is 6.34. The molecular weight excluding hydrogens is 314 g/mol. The highest BCUT2D eigenvalue weighted by molar-refractivity contribution is 7.99. The van der Waals surface area contributed by atoms with E-state index in [9.17, 15) is 4.79 Å². The summed E-state index contributed by atoms with van der Waals surface area (Å²) in [4.78, 5) is 13.1. The number of thiophene rings is 1. The molecule has 0 aliphatic carbocycles. The van der Waals surface area contributed by atoms with E-state index in [0.29, 0.717) is 6.42 Å². The molecule has 1 amide bonds. The molecule has 2 fully saturated rings. The number of rotatable bonds is 3. The summed E-state index contributed by atoms with van der Waals surface area (Å²) in [7, 11) is 0. The third kappa shape index (κ3) is 3.50. The zero-order valence-corrected chi connectivity index (χ0v) is 13.6. The molecular formula is C14H18ClNO2S2. The maximum absolute atomic E-state index is 12.1. The third-order valence-electron chi connectivity index (χ3n) is 3.89. The minimum atomic E-state index is 0.0209. The SMILES string of the molecule is O=C(Cc1ccc(Cl)s1)N[C@@H]1CCO[C@@]2(CCSC2)C1. The van der Waals surface area contributed by atoms with Crippen molar-refractivity contribution in [2.24, 2.45) is 0 Å². The average Bonchev–Trinajstić information content (AvgIpc) is 2.99. The van der Waals surface area contributed by atoms with Gasteiger partial charge in [0.2, 0.25) is 5.91 Å². The highest BCUT2D eigenvalue weighted by Gasteiger charge is 2.40. The van der Waals surface area contributed by atoms with Crippen LogP contribution in [0.3, 0.4) is 0 Å². The molecule has 1 aromatic heterocycles. The van der Waals surface area contributed by atoms with E-state index in [2.05, 4.69) is 5.32 Å². The summed E-state index contributed by atoms with van der Waals surface area (Å²) in [6, 6.07) is 4.02. The van der Waals surface area contributed by atoms with Crippen molar-refractivity contribution in [3.63, 3.8) is 0 Å². The number of thioether (sulfide) groups is 1. The van der Waals surface area contributed by atoms with Gasteiger partial charge in [-0.3, -0.25) is 4.79 Å². The molecule has 1 aromatic rings. The van der Waals surface area contributed by atoms with Crippen molar-refractivity contribution in [3.8, 4) is 0 Å². The van der Waals surface area contributed by atoms with Gasteiger partial charge in [-0.1, -0.05) is 11.6 Å². The Labute approximate surface area is 132 Å². The first-order chi connectivity index (χ1) is 9.65. The van der Waals surface area contributed by atoms with E-state index in [0.717, 1.165) is 40.8 Å². The first-order valence-corrected chi connectivity index (χ1v) is 9.25. The Morgan fingerprint density at radius 3 is 3.15 bits per heavy atom. The van der Waals surface area contributed by atoms with Gasteiger partial charge in [-0.2, -0.15) is 11.8 Å². The molecule has 1 spiro atoms. The van der Waals surface area contributed by atoms with Gasteiger partial charge >= 0.3 is 0 Å². The smallest absolute Gasteiger partial charge is 0.225 e. The maximum Gasteiger partial charge on any atom is 0.225 e. The quantitative estimate of drug-likeness (QED) is 0.924. The first kappa shape index (κ1) is 14.7. The van der Waals surface area contributed by atoms with E-state index >= 15 is 0 Å². The lowest BCUT2D eigenvalue weighted by atomic mass is 9.90. The fourth-order valence-corrected chi connectivity index (χ4v) is 5.36. The van der Waals surface area contributed by atoms with Gasteiger partial charge in [-0.25, -0.2) is 0 Å². The van der Waals surface area contributed by atoms with Crippen LogP contribution in [0.25, 0.3) is 0 Å². The Morgan fingerprint density at radius 1 is 1.55 bits per heavy atom. The molecule has 0 aromatic carbocycles. The Bertz CT molecular complexity index is 485. The lowest BCUT2D eigenvalue weighted by molar-refractivity contribution is -0.123. The largest absolute Gasteiger partial charge is 0.374 e. The molecule has 0 unspecified atom stereocenters. The Kier molecular flexibility index (Phi) is 4.60. The molecule has 3 nitrogen and oxygen atoms in total. The van der Waals surface area contributed by atoms with Crippen LogP contribution in [0, 0.1) is 0 Å². The summed E-state index contributed by atoms with van der Waals surface area (Å²) < 4.78 is 6.71. The Morgan fingerprint density at radius 2 is 2.45 bits per heavy atom. The molecule has 6 heteroatoms. The van der Waals surface area contributed by atoms with Crippen LogP contribution in [0.1, 0.15) is 24.1 Å². The molecule has 3 heterocycles. The van der Waals surface area contributed by atoms with Crippen LogP contribution < -0.4 is 5.32 Å². The zero-order valence-electron chi connectivity index (χ0n) is 11.2. The maximum atomic E-state index is 12.1. The summed E-state index contributed by atoms with van der Waals surface area (Å²) in [6.45, 7) is 0.760. The van der Waals surface area contributed by atoms with Crippen molar-refractivity contribution in [1.82, 2.24) is 5.32 Å². The predicted molar refractivity (Wildman–Crippen MR) is 84.8 cm³/mol. The summed E-state index contributed by atoms with van der Waals surface area (Å²) in [5.41, 5.74) is 0.0209. The second-order valence-electron chi connectivity index (χ2n) is 5.47. The number of nitrogens with one attached hydrogen (secondary N) is 1. The number of ether oxygens (including phenoxy) is 1. The van der Waals surface area contributed by atoms with E-state index in [4.69, 9.17) is 16.3 Å². The summed E-state index contributed by atoms with van der Waals surface area (Å²) in [6.07, 6.45) is 3.42. The Hall–Kier alpha value is -0.230. The summed E-state index contributed by atoms with van der Waals surface area (Å²) in [5.74, 6) is 2.34. The van der Waals surface area contributed by atoms with Crippen LogP contribution >= 0.6 is 34.7 Å². The van der Waals surface area contributed by atoms with Crippen LogP contribution in [0.15, 0.2) is 12.1 Å². The van der Waals surface area contributed by atoms with E-state index in [-0.39, 0.29) is 17.6 Å². The molecule has 2 saturated heterocycles.